The van der Waals surface area contributed by atoms with Crippen LogP contribution in [-0.2, 0) is 4.74 Å². The monoisotopic (exact) mass is 328 g/mol. The number of aryl methyl sites for hydroxylation is 1. The third kappa shape index (κ3) is 4.11. The van der Waals surface area contributed by atoms with Gasteiger partial charge in [-0.25, -0.2) is 15.0 Å². The summed E-state index contributed by atoms with van der Waals surface area (Å²) in [5.41, 5.74) is 0. The van der Waals surface area contributed by atoms with E-state index in [0.717, 1.165) is 56.0 Å². The average Bonchev–Trinajstić information content (AvgIpc) is 2.62. The average molecular weight is 328 g/mol. The number of hydrogen-bond acceptors (Lipinski definition) is 7. The van der Waals surface area contributed by atoms with Crippen molar-refractivity contribution >= 4 is 17.5 Å². The molecule has 1 saturated heterocycles. The van der Waals surface area contributed by atoms with Gasteiger partial charge in [-0.3, -0.25) is 0 Å². The zero-order valence-electron chi connectivity index (χ0n) is 14.3. The Kier molecular flexibility index (Phi) is 5.43. The summed E-state index contributed by atoms with van der Waals surface area (Å²) < 4.78 is 5.07. The molecule has 1 fully saturated rings. The lowest BCUT2D eigenvalue weighted by molar-refractivity contribution is 0.210. The summed E-state index contributed by atoms with van der Waals surface area (Å²) in [5, 5.41) is 3.28. The standard InChI is InChI=1S/C17H24N6O/c1-14-20-15(18-7-12-24-2)13-17(21-14)23-10-8-22(9-11-23)16-5-3-4-6-19-16/h3-6,13H,7-12H2,1-2H3,(H,18,20,21). The van der Waals surface area contributed by atoms with Crippen LogP contribution < -0.4 is 15.1 Å². The van der Waals surface area contributed by atoms with Crippen molar-refractivity contribution in [3.05, 3.63) is 36.3 Å². The first-order chi connectivity index (χ1) is 11.8. The smallest absolute Gasteiger partial charge is 0.134 e. The molecule has 0 atom stereocenters. The van der Waals surface area contributed by atoms with Gasteiger partial charge in [-0.15, -0.1) is 0 Å². The Morgan fingerprint density at radius 3 is 2.50 bits per heavy atom. The van der Waals surface area contributed by atoms with E-state index in [0.29, 0.717) is 6.61 Å². The Balaban J connectivity index is 1.63. The van der Waals surface area contributed by atoms with E-state index in [-0.39, 0.29) is 0 Å². The second-order valence-electron chi connectivity index (χ2n) is 5.74. The summed E-state index contributed by atoms with van der Waals surface area (Å²) >= 11 is 0. The SMILES string of the molecule is COCCNc1cc(N2CCN(c3ccccn3)CC2)nc(C)n1. The lowest BCUT2D eigenvalue weighted by atomic mass is 10.3. The lowest BCUT2D eigenvalue weighted by Crippen LogP contribution is -2.47. The molecule has 3 rings (SSSR count). The van der Waals surface area contributed by atoms with Gasteiger partial charge in [0.05, 0.1) is 6.61 Å². The highest BCUT2D eigenvalue weighted by Gasteiger charge is 2.19. The van der Waals surface area contributed by atoms with Crippen LogP contribution in [0.1, 0.15) is 5.82 Å². The fourth-order valence-electron chi connectivity index (χ4n) is 2.79. The summed E-state index contributed by atoms with van der Waals surface area (Å²) in [4.78, 5) is 18.1. The molecule has 128 valence electrons. The van der Waals surface area contributed by atoms with Crippen LogP contribution in [-0.4, -0.2) is 61.4 Å². The minimum atomic E-state index is 0.654. The maximum atomic E-state index is 5.07. The zero-order valence-corrected chi connectivity index (χ0v) is 14.3. The Labute approximate surface area is 142 Å². The van der Waals surface area contributed by atoms with Gasteiger partial charge >= 0.3 is 0 Å². The molecule has 7 nitrogen and oxygen atoms in total. The molecule has 2 aromatic heterocycles. The third-order valence-electron chi connectivity index (χ3n) is 4.01. The highest BCUT2D eigenvalue weighted by molar-refractivity contribution is 5.51. The van der Waals surface area contributed by atoms with E-state index in [1.165, 1.54) is 0 Å². The third-order valence-corrected chi connectivity index (χ3v) is 4.01. The van der Waals surface area contributed by atoms with Crippen molar-refractivity contribution in [2.45, 2.75) is 6.92 Å². The molecule has 0 unspecified atom stereocenters. The van der Waals surface area contributed by atoms with E-state index in [9.17, 15) is 0 Å². The zero-order chi connectivity index (χ0) is 16.8. The molecule has 0 saturated carbocycles. The number of ether oxygens (including phenoxy) is 1. The molecule has 1 N–H and O–H groups in total. The first-order valence-corrected chi connectivity index (χ1v) is 8.25. The van der Waals surface area contributed by atoms with E-state index in [4.69, 9.17) is 4.74 Å². The predicted octanol–water partition coefficient (Wildman–Crippen LogP) is 1.56. The van der Waals surface area contributed by atoms with Crippen LogP contribution in [0, 0.1) is 6.92 Å². The Hall–Kier alpha value is -2.41. The molecule has 7 heteroatoms. The van der Waals surface area contributed by atoms with Crippen molar-refractivity contribution in [3.63, 3.8) is 0 Å². The molecule has 0 bridgehead atoms. The van der Waals surface area contributed by atoms with Crippen LogP contribution in [0.2, 0.25) is 0 Å². The van der Waals surface area contributed by atoms with Gasteiger partial charge in [0, 0.05) is 52.1 Å². The second-order valence-corrected chi connectivity index (χ2v) is 5.74. The summed E-state index contributed by atoms with van der Waals surface area (Å²) in [7, 11) is 1.69. The maximum absolute atomic E-state index is 5.07. The molecule has 0 radical (unpaired) electrons. The van der Waals surface area contributed by atoms with Crippen molar-refractivity contribution in [1.82, 2.24) is 15.0 Å². The topological polar surface area (TPSA) is 66.4 Å². The van der Waals surface area contributed by atoms with E-state index in [1.54, 1.807) is 7.11 Å². The van der Waals surface area contributed by atoms with Gasteiger partial charge in [-0.2, -0.15) is 0 Å². The van der Waals surface area contributed by atoms with Gasteiger partial charge in [0.25, 0.3) is 0 Å². The van der Waals surface area contributed by atoms with Gasteiger partial charge in [-0.1, -0.05) is 6.07 Å². The molecule has 0 amide bonds. The number of piperazine rings is 1. The number of hydrogen-bond donors (Lipinski definition) is 1. The summed E-state index contributed by atoms with van der Waals surface area (Å²) in [6.07, 6.45) is 1.84. The first kappa shape index (κ1) is 16.4. The maximum Gasteiger partial charge on any atom is 0.134 e. The quantitative estimate of drug-likeness (QED) is 0.807. The minimum Gasteiger partial charge on any atom is -0.383 e. The Morgan fingerprint density at radius 1 is 1.08 bits per heavy atom. The molecule has 0 aliphatic carbocycles. The normalized spacial score (nSPS) is 14.8. The number of nitrogens with one attached hydrogen (secondary N) is 1. The van der Waals surface area contributed by atoms with E-state index >= 15 is 0 Å². The van der Waals surface area contributed by atoms with Crippen molar-refractivity contribution in [3.8, 4) is 0 Å². The largest absolute Gasteiger partial charge is 0.383 e. The number of rotatable bonds is 6. The van der Waals surface area contributed by atoms with E-state index < -0.39 is 0 Å². The fraction of sp³-hybridized carbons (Fsp3) is 0.471. The van der Waals surface area contributed by atoms with Crippen molar-refractivity contribution in [1.29, 1.82) is 0 Å². The molecular formula is C17H24N6O. The summed E-state index contributed by atoms with van der Waals surface area (Å²) in [6, 6.07) is 8.05. The molecular weight excluding hydrogens is 304 g/mol. The van der Waals surface area contributed by atoms with Gasteiger partial charge in [0.2, 0.25) is 0 Å². The van der Waals surface area contributed by atoms with Gasteiger partial charge in [0.1, 0.15) is 23.3 Å². The molecule has 0 spiro atoms. The van der Waals surface area contributed by atoms with Crippen molar-refractivity contribution in [2.24, 2.45) is 0 Å². The highest BCUT2D eigenvalue weighted by Crippen LogP contribution is 2.19. The van der Waals surface area contributed by atoms with Crippen molar-refractivity contribution < 1.29 is 4.74 Å². The number of pyridine rings is 1. The molecule has 1 aliphatic rings. The van der Waals surface area contributed by atoms with Gasteiger partial charge < -0.3 is 19.9 Å². The highest BCUT2D eigenvalue weighted by atomic mass is 16.5. The fourth-order valence-corrected chi connectivity index (χ4v) is 2.79. The van der Waals surface area contributed by atoms with Crippen LogP contribution in [0.5, 0.6) is 0 Å². The summed E-state index contributed by atoms with van der Waals surface area (Å²) in [6.45, 7) is 7.03. The predicted molar refractivity (Wildman–Crippen MR) is 95.8 cm³/mol. The number of aromatic nitrogens is 3. The molecule has 24 heavy (non-hydrogen) atoms. The van der Waals surface area contributed by atoms with Crippen LogP contribution in [0.25, 0.3) is 0 Å². The van der Waals surface area contributed by atoms with Crippen molar-refractivity contribution in [2.75, 3.05) is 61.6 Å². The number of nitrogens with zero attached hydrogens (tertiary/aromatic N) is 5. The first-order valence-electron chi connectivity index (χ1n) is 8.25. The van der Waals surface area contributed by atoms with Gasteiger partial charge in [-0.05, 0) is 19.1 Å². The molecule has 3 heterocycles. The van der Waals surface area contributed by atoms with Crippen LogP contribution in [0.15, 0.2) is 30.5 Å². The molecule has 0 aromatic carbocycles. The lowest BCUT2D eigenvalue weighted by Gasteiger charge is -2.36. The molecule has 2 aromatic rings. The second kappa shape index (κ2) is 7.92. The van der Waals surface area contributed by atoms with Crippen LogP contribution in [0.3, 0.4) is 0 Å². The van der Waals surface area contributed by atoms with Gasteiger partial charge in [0.15, 0.2) is 0 Å². The number of anilines is 3. The Bertz CT molecular complexity index is 643. The van der Waals surface area contributed by atoms with Crippen LogP contribution in [0.4, 0.5) is 17.5 Å². The van der Waals surface area contributed by atoms with E-state index in [2.05, 4.69) is 36.1 Å². The summed E-state index contributed by atoms with van der Waals surface area (Å²) in [5.74, 6) is 3.64. The molecule has 1 aliphatic heterocycles. The van der Waals surface area contributed by atoms with Crippen LogP contribution >= 0.6 is 0 Å². The van der Waals surface area contributed by atoms with E-state index in [1.807, 2.05) is 31.3 Å². The Morgan fingerprint density at radius 2 is 1.83 bits per heavy atom. The minimum absolute atomic E-state index is 0.654. The number of methoxy groups -OCH3 is 1.